The van der Waals surface area contributed by atoms with Crippen LogP contribution in [0.1, 0.15) is 0 Å². The summed E-state index contributed by atoms with van der Waals surface area (Å²) < 4.78 is 17.6. The zero-order valence-corrected chi connectivity index (χ0v) is 9.49. The van der Waals surface area contributed by atoms with Crippen molar-refractivity contribution in [1.29, 1.82) is 0 Å². The molecule has 0 spiro atoms. The molecule has 0 radical (unpaired) electrons. The standard InChI is InChI=1S/C8H5FN2O7.H3N/c9-4-1-7(18-3-8(12)13)6(11(16)17)2-5(4)10(14)15;/h1-2H,3H2,(H,12,13);1H3. The minimum absolute atomic E-state index is 0. The maximum atomic E-state index is 13.2. The molecule has 0 atom stereocenters. The molecule has 19 heavy (non-hydrogen) atoms. The van der Waals surface area contributed by atoms with Gasteiger partial charge in [0.25, 0.3) is 0 Å². The number of ether oxygens (including phenoxy) is 1. The molecule has 0 bridgehead atoms. The van der Waals surface area contributed by atoms with Gasteiger partial charge in [0.15, 0.2) is 0 Å². The van der Waals surface area contributed by atoms with Gasteiger partial charge in [0, 0.05) is 6.07 Å². The monoisotopic (exact) mass is 277 g/mol. The molecule has 104 valence electrons. The average molecular weight is 277 g/mol. The number of nitrogens with zero attached hydrogens (tertiary/aromatic N) is 2. The van der Waals surface area contributed by atoms with Gasteiger partial charge in [0.05, 0.1) is 15.8 Å². The number of nitro benzene ring substituents is 2. The van der Waals surface area contributed by atoms with E-state index < -0.39 is 45.4 Å². The molecule has 0 unspecified atom stereocenters. The van der Waals surface area contributed by atoms with Gasteiger partial charge in [-0.15, -0.1) is 0 Å². The maximum Gasteiger partial charge on any atom is 0.318 e. The third-order valence-corrected chi connectivity index (χ3v) is 1.77. The van der Waals surface area contributed by atoms with Crippen LogP contribution in [0.5, 0.6) is 5.75 Å². The number of aliphatic carboxylic acids is 1. The van der Waals surface area contributed by atoms with Gasteiger partial charge in [-0.2, -0.15) is 4.39 Å². The van der Waals surface area contributed by atoms with Crippen molar-refractivity contribution in [1.82, 2.24) is 6.15 Å². The molecule has 0 aliphatic carbocycles. The van der Waals surface area contributed by atoms with Crippen molar-refractivity contribution in [2.45, 2.75) is 0 Å². The lowest BCUT2D eigenvalue weighted by molar-refractivity contribution is -0.396. The largest absolute Gasteiger partial charge is 0.546 e. The number of carbonyl (C=O) groups excluding carboxylic acids is 1. The SMILES string of the molecule is O=C([O-])COc1cc(F)c([N+](=O)[O-])cc1[N+](=O)[O-].[NH4+]. The number of hydrogen-bond acceptors (Lipinski definition) is 7. The van der Waals surface area contributed by atoms with Gasteiger partial charge >= 0.3 is 11.4 Å². The molecule has 0 fully saturated rings. The highest BCUT2D eigenvalue weighted by atomic mass is 19.1. The third kappa shape index (κ3) is 3.85. The predicted molar refractivity (Wildman–Crippen MR) is 56.2 cm³/mol. The average Bonchev–Trinajstić information content (AvgIpc) is 2.25. The number of hydrogen-bond donors (Lipinski definition) is 1. The highest BCUT2D eigenvalue weighted by Crippen LogP contribution is 2.33. The Hall–Kier alpha value is -2.82. The second kappa shape index (κ2) is 6.20. The fraction of sp³-hybridized carbons (Fsp3) is 0.125. The van der Waals surface area contributed by atoms with Crippen molar-refractivity contribution in [3.8, 4) is 5.75 Å². The molecule has 10 nitrogen and oxygen atoms in total. The minimum atomic E-state index is -1.68. The number of benzene rings is 1. The summed E-state index contributed by atoms with van der Waals surface area (Å²) in [6, 6.07) is 0.721. The van der Waals surface area contributed by atoms with Crippen LogP contribution >= 0.6 is 0 Å². The molecule has 0 aliphatic rings. The minimum Gasteiger partial charge on any atom is -0.546 e. The zero-order chi connectivity index (χ0) is 13.9. The van der Waals surface area contributed by atoms with Crippen molar-refractivity contribution < 1.29 is 28.9 Å². The summed E-state index contributed by atoms with van der Waals surface area (Å²) >= 11 is 0. The van der Waals surface area contributed by atoms with E-state index >= 15 is 0 Å². The summed E-state index contributed by atoms with van der Waals surface area (Å²) in [4.78, 5) is 28.8. The van der Waals surface area contributed by atoms with E-state index in [1.54, 1.807) is 0 Å². The first-order valence-electron chi connectivity index (χ1n) is 4.28. The number of quaternary nitrogens is 1. The van der Waals surface area contributed by atoms with Gasteiger partial charge in [0.2, 0.25) is 11.6 Å². The summed E-state index contributed by atoms with van der Waals surface area (Å²) in [6.07, 6.45) is 0. The lowest BCUT2D eigenvalue weighted by Gasteiger charge is -2.07. The molecular formula is C8H8FN3O7. The van der Waals surface area contributed by atoms with Crippen LogP contribution in [0.25, 0.3) is 0 Å². The van der Waals surface area contributed by atoms with Gasteiger partial charge in [-0.25, -0.2) is 0 Å². The lowest BCUT2D eigenvalue weighted by atomic mass is 10.2. The van der Waals surface area contributed by atoms with E-state index in [0.29, 0.717) is 12.1 Å². The number of halogens is 1. The summed E-state index contributed by atoms with van der Waals surface area (Å²) in [6.45, 7) is -1.04. The number of carboxylic acid groups (broad SMARTS) is 1. The van der Waals surface area contributed by atoms with Crippen LogP contribution in [-0.2, 0) is 4.79 Å². The Kier molecular flexibility index (Phi) is 5.28. The number of carbonyl (C=O) groups is 1. The van der Waals surface area contributed by atoms with Crippen LogP contribution in [-0.4, -0.2) is 22.4 Å². The van der Waals surface area contributed by atoms with Gasteiger partial charge in [-0.1, -0.05) is 0 Å². The molecule has 1 rings (SSSR count). The molecular weight excluding hydrogens is 269 g/mol. The van der Waals surface area contributed by atoms with Crippen molar-refractivity contribution in [3.63, 3.8) is 0 Å². The Balaban J connectivity index is 0.00000324. The number of rotatable bonds is 5. The summed E-state index contributed by atoms with van der Waals surface area (Å²) in [5, 5.41) is 31.0. The second-order valence-corrected chi connectivity index (χ2v) is 2.95. The number of carboxylic acids is 1. The van der Waals surface area contributed by atoms with Crippen LogP contribution in [0.2, 0.25) is 0 Å². The highest BCUT2D eigenvalue weighted by molar-refractivity contribution is 5.66. The topological polar surface area (TPSA) is 172 Å². The molecule has 1 aromatic carbocycles. The molecule has 0 saturated carbocycles. The quantitative estimate of drug-likeness (QED) is 0.588. The highest BCUT2D eigenvalue weighted by Gasteiger charge is 2.25. The Morgan fingerprint density at radius 1 is 1.21 bits per heavy atom. The van der Waals surface area contributed by atoms with Gasteiger partial charge in [0.1, 0.15) is 12.7 Å². The Morgan fingerprint density at radius 3 is 2.16 bits per heavy atom. The number of nitro groups is 2. The smallest absolute Gasteiger partial charge is 0.318 e. The van der Waals surface area contributed by atoms with Crippen LogP contribution in [0.4, 0.5) is 15.8 Å². The molecule has 1 aromatic rings. The first-order valence-corrected chi connectivity index (χ1v) is 4.28. The van der Waals surface area contributed by atoms with Gasteiger partial charge < -0.3 is 20.8 Å². The van der Waals surface area contributed by atoms with E-state index in [2.05, 4.69) is 4.74 Å². The van der Waals surface area contributed by atoms with Crippen molar-refractivity contribution in [2.75, 3.05) is 6.61 Å². The van der Waals surface area contributed by atoms with E-state index in [1.165, 1.54) is 0 Å². The summed E-state index contributed by atoms with van der Waals surface area (Å²) in [5.74, 6) is -3.78. The van der Waals surface area contributed by atoms with Gasteiger partial charge in [-0.05, 0) is 0 Å². The van der Waals surface area contributed by atoms with Crippen molar-refractivity contribution >= 4 is 17.3 Å². The lowest BCUT2D eigenvalue weighted by Crippen LogP contribution is -2.29. The first-order chi connectivity index (χ1) is 8.32. The van der Waals surface area contributed by atoms with Crippen LogP contribution < -0.4 is 16.0 Å². The van der Waals surface area contributed by atoms with Gasteiger partial charge in [-0.3, -0.25) is 20.2 Å². The van der Waals surface area contributed by atoms with E-state index in [0.717, 1.165) is 0 Å². The molecule has 0 aromatic heterocycles. The fourth-order valence-corrected chi connectivity index (χ4v) is 1.07. The van der Waals surface area contributed by atoms with Crippen LogP contribution in [0.3, 0.4) is 0 Å². The Bertz CT molecular complexity index is 533. The molecule has 0 aliphatic heterocycles. The molecule has 0 amide bonds. The molecule has 0 heterocycles. The first kappa shape index (κ1) is 16.2. The Labute approximate surface area is 104 Å². The van der Waals surface area contributed by atoms with E-state index in [4.69, 9.17) is 0 Å². The van der Waals surface area contributed by atoms with Crippen molar-refractivity contribution in [3.05, 3.63) is 38.2 Å². The normalized spacial score (nSPS) is 9.32. The van der Waals surface area contributed by atoms with E-state index in [1.807, 2.05) is 0 Å². The molecule has 0 saturated heterocycles. The van der Waals surface area contributed by atoms with E-state index in [9.17, 15) is 34.5 Å². The fourth-order valence-electron chi connectivity index (χ4n) is 1.07. The zero-order valence-electron chi connectivity index (χ0n) is 9.49. The second-order valence-electron chi connectivity index (χ2n) is 2.95. The summed E-state index contributed by atoms with van der Waals surface area (Å²) in [7, 11) is 0. The summed E-state index contributed by atoms with van der Waals surface area (Å²) in [5.41, 5.74) is -2.02. The third-order valence-electron chi connectivity index (χ3n) is 1.77. The maximum absolute atomic E-state index is 13.2. The predicted octanol–water partition coefficient (Wildman–Crippen LogP) is 0.147. The van der Waals surface area contributed by atoms with E-state index in [-0.39, 0.29) is 6.15 Å². The molecule has 11 heteroatoms. The Morgan fingerprint density at radius 2 is 1.74 bits per heavy atom. The van der Waals surface area contributed by atoms with Crippen LogP contribution in [0, 0.1) is 26.0 Å². The van der Waals surface area contributed by atoms with Crippen LogP contribution in [0.15, 0.2) is 12.1 Å². The van der Waals surface area contributed by atoms with Crippen molar-refractivity contribution in [2.24, 2.45) is 0 Å². The molecule has 4 N–H and O–H groups in total.